The van der Waals surface area contributed by atoms with E-state index in [2.05, 4.69) is 141 Å². The van der Waals surface area contributed by atoms with Gasteiger partial charge in [0.25, 0.3) is 0 Å². The van der Waals surface area contributed by atoms with Crippen molar-refractivity contribution in [2.24, 2.45) is 0 Å². The topological polar surface area (TPSA) is 30.7 Å². The number of hydrogen-bond donors (Lipinski definition) is 0. The van der Waals surface area contributed by atoms with Crippen LogP contribution in [0.2, 0.25) is 0 Å². The normalized spacial score (nSPS) is 11.6. The van der Waals surface area contributed by atoms with Crippen LogP contribution in [0.25, 0.3) is 22.2 Å². The predicted octanol–water partition coefficient (Wildman–Crippen LogP) is 7.54. The van der Waals surface area contributed by atoms with E-state index in [9.17, 15) is 0 Å². The monoisotopic (exact) mass is 563 g/mol. The second kappa shape index (κ2) is 9.12. The Morgan fingerprint density at radius 2 is 1.11 bits per heavy atom. The molecule has 0 aliphatic carbocycles. The van der Waals surface area contributed by atoms with Crippen LogP contribution in [0.5, 0.6) is 0 Å². The SMILES string of the molecule is Ic1ccc2c(c1)c(-c1ccncc1)nn2C(c1ccccc1)(c1ccccc1)c1ccccc1. The van der Waals surface area contributed by atoms with Crippen molar-refractivity contribution in [2.75, 3.05) is 0 Å². The van der Waals surface area contributed by atoms with Gasteiger partial charge in [-0.25, -0.2) is 4.68 Å². The lowest BCUT2D eigenvalue weighted by molar-refractivity contribution is 0.477. The Morgan fingerprint density at radius 1 is 0.600 bits per heavy atom. The lowest BCUT2D eigenvalue weighted by Gasteiger charge is -2.37. The summed E-state index contributed by atoms with van der Waals surface area (Å²) in [5, 5.41) is 6.51. The van der Waals surface area contributed by atoms with E-state index in [1.54, 1.807) is 0 Å². The summed E-state index contributed by atoms with van der Waals surface area (Å²) in [6.07, 6.45) is 3.65. The Morgan fingerprint density at radius 3 is 1.63 bits per heavy atom. The van der Waals surface area contributed by atoms with Gasteiger partial charge in [-0.3, -0.25) is 4.98 Å². The summed E-state index contributed by atoms with van der Waals surface area (Å²) in [7, 11) is 0. The van der Waals surface area contributed by atoms with E-state index in [-0.39, 0.29) is 0 Å². The van der Waals surface area contributed by atoms with Crippen LogP contribution in [0.15, 0.2) is 134 Å². The molecule has 4 heteroatoms. The summed E-state index contributed by atoms with van der Waals surface area (Å²) in [4.78, 5) is 4.23. The fourth-order valence-electron chi connectivity index (χ4n) is 4.97. The molecule has 2 heterocycles. The van der Waals surface area contributed by atoms with Crippen molar-refractivity contribution in [3.8, 4) is 11.3 Å². The number of halogens is 1. The third kappa shape index (κ3) is 3.65. The molecule has 0 bridgehead atoms. The third-order valence-electron chi connectivity index (χ3n) is 6.49. The molecule has 0 aliphatic rings. The highest BCUT2D eigenvalue weighted by Crippen LogP contribution is 2.44. The highest BCUT2D eigenvalue weighted by molar-refractivity contribution is 14.1. The van der Waals surface area contributed by atoms with Crippen LogP contribution in [-0.4, -0.2) is 14.8 Å². The zero-order valence-corrected chi connectivity index (χ0v) is 21.1. The number of benzene rings is 4. The maximum Gasteiger partial charge on any atom is 0.138 e. The van der Waals surface area contributed by atoms with Gasteiger partial charge in [-0.2, -0.15) is 5.10 Å². The molecule has 0 radical (unpaired) electrons. The molecule has 3 nitrogen and oxygen atoms in total. The molecule has 0 aliphatic heterocycles. The molecule has 0 spiro atoms. The molecule has 0 atom stereocenters. The summed E-state index contributed by atoms with van der Waals surface area (Å²) in [5.41, 5.74) is 5.88. The fraction of sp³-hybridized carbons (Fsp3) is 0.0323. The Bertz CT molecular complexity index is 1480. The second-order valence-electron chi connectivity index (χ2n) is 8.47. The summed E-state index contributed by atoms with van der Waals surface area (Å²) in [6, 6.07) is 42.7. The molecule has 0 saturated carbocycles. The molecule has 4 aromatic carbocycles. The smallest absolute Gasteiger partial charge is 0.138 e. The maximum absolute atomic E-state index is 5.39. The van der Waals surface area contributed by atoms with E-state index in [0.29, 0.717) is 0 Å². The molecule has 35 heavy (non-hydrogen) atoms. The lowest BCUT2D eigenvalue weighted by Crippen LogP contribution is -2.38. The molecular weight excluding hydrogens is 541 g/mol. The first-order valence-electron chi connectivity index (χ1n) is 11.5. The lowest BCUT2D eigenvalue weighted by atomic mass is 9.77. The van der Waals surface area contributed by atoms with Crippen LogP contribution in [-0.2, 0) is 5.54 Å². The molecule has 0 amide bonds. The highest BCUT2D eigenvalue weighted by atomic mass is 127. The van der Waals surface area contributed by atoms with Gasteiger partial charge in [-0.15, -0.1) is 0 Å². The van der Waals surface area contributed by atoms with Gasteiger partial charge in [0, 0.05) is 26.9 Å². The molecule has 0 saturated heterocycles. The van der Waals surface area contributed by atoms with E-state index in [1.165, 1.54) is 3.57 Å². The van der Waals surface area contributed by atoms with Crippen LogP contribution in [0.4, 0.5) is 0 Å². The molecule has 6 rings (SSSR count). The van der Waals surface area contributed by atoms with E-state index in [1.807, 2.05) is 24.5 Å². The third-order valence-corrected chi connectivity index (χ3v) is 7.16. The van der Waals surface area contributed by atoms with Crippen molar-refractivity contribution in [2.45, 2.75) is 5.54 Å². The number of fused-ring (bicyclic) bond motifs is 1. The molecule has 6 aromatic rings. The molecule has 0 fully saturated rings. The number of aromatic nitrogens is 3. The molecule has 0 unspecified atom stereocenters. The highest BCUT2D eigenvalue weighted by Gasteiger charge is 2.40. The van der Waals surface area contributed by atoms with Gasteiger partial charge >= 0.3 is 0 Å². The van der Waals surface area contributed by atoms with Gasteiger partial charge in [0.05, 0.1) is 5.52 Å². The van der Waals surface area contributed by atoms with Gasteiger partial charge in [-0.05, 0) is 69.6 Å². The van der Waals surface area contributed by atoms with Crippen LogP contribution < -0.4 is 0 Å². The Hall–Kier alpha value is -3.77. The van der Waals surface area contributed by atoms with Crippen molar-refractivity contribution in [3.05, 3.63) is 154 Å². The Kier molecular flexibility index (Phi) is 5.66. The average molecular weight is 563 g/mol. The minimum atomic E-state index is -0.667. The van der Waals surface area contributed by atoms with Gasteiger partial charge in [-0.1, -0.05) is 91.0 Å². The first kappa shape index (κ1) is 21.7. The standard InChI is InChI=1S/C31H22IN3/c32-27-16-17-29-28(22-27)30(23-18-20-33-21-19-23)34-35(29)31(24-10-4-1-5-11-24,25-12-6-2-7-13-25)26-14-8-3-9-15-26/h1-22H. The fourth-order valence-corrected chi connectivity index (χ4v) is 5.47. The average Bonchev–Trinajstić information content (AvgIpc) is 3.30. The van der Waals surface area contributed by atoms with E-state index in [4.69, 9.17) is 5.10 Å². The summed E-state index contributed by atoms with van der Waals surface area (Å²) < 4.78 is 3.39. The van der Waals surface area contributed by atoms with Gasteiger partial charge in [0.2, 0.25) is 0 Å². The number of nitrogens with zero attached hydrogens (tertiary/aromatic N) is 3. The minimum absolute atomic E-state index is 0.667. The van der Waals surface area contributed by atoms with E-state index in [0.717, 1.165) is 38.9 Å². The summed E-state index contributed by atoms with van der Waals surface area (Å²) in [5.74, 6) is 0. The maximum atomic E-state index is 5.39. The first-order chi connectivity index (χ1) is 17.3. The second-order valence-corrected chi connectivity index (χ2v) is 9.71. The van der Waals surface area contributed by atoms with Crippen LogP contribution in [0.1, 0.15) is 16.7 Å². The molecule has 0 N–H and O–H groups in total. The van der Waals surface area contributed by atoms with Crippen molar-refractivity contribution in [1.29, 1.82) is 0 Å². The largest absolute Gasteiger partial charge is 0.265 e. The number of rotatable bonds is 5. The Balaban J connectivity index is 1.80. The van der Waals surface area contributed by atoms with Gasteiger partial charge < -0.3 is 0 Å². The van der Waals surface area contributed by atoms with E-state index >= 15 is 0 Å². The number of hydrogen-bond acceptors (Lipinski definition) is 2. The predicted molar refractivity (Wildman–Crippen MR) is 150 cm³/mol. The van der Waals surface area contributed by atoms with Crippen LogP contribution in [0, 0.1) is 3.57 Å². The van der Waals surface area contributed by atoms with Crippen molar-refractivity contribution < 1.29 is 0 Å². The van der Waals surface area contributed by atoms with Crippen molar-refractivity contribution in [3.63, 3.8) is 0 Å². The first-order valence-corrected chi connectivity index (χ1v) is 12.6. The molecular formula is C31H22IN3. The zero-order valence-electron chi connectivity index (χ0n) is 18.9. The van der Waals surface area contributed by atoms with E-state index < -0.39 is 5.54 Å². The van der Waals surface area contributed by atoms with Crippen molar-refractivity contribution >= 4 is 33.5 Å². The molecule has 2 aromatic heterocycles. The van der Waals surface area contributed by atoms with Crippen molar-refractivity contribution in [1.82, 2.24) is 14.8 Å². The summed E-state index contributed by atoms with van der Waals surface area (Å²) >= 11 is 2.38. The minimum Gasteiger partial charge on any atom is -0.265 e. The number of pyridine rings is 1. The molecule has 168 valence electrons. The van der Waals surface area contributed by atoms with Crippen LogP contribution >= 0.6 is 22.6 Å². The zero-order chi connectivity index (χ0) is 23.7. The van der Waals surface area contributed by atoms with Gasteiger partial charge in [0.1, 0.15) is 11.2 Å². The summed E-state index contributed by atoms with van der Waals surface area (Å²) in [6.45, 7) is 0. The quantitative estimate of drug-likeness (QED) is 0.160. The Labute approximate surface area is 218 Å². The van der Waals surface area contributed by atoms with Gasteiger partial charge in [0.15, 0.2) is 0 Å². The van der Waals surface area contributed by atoms with Crippen LogP contribution in [0.3, 0.4) is 0 Å².